The number of anilines is 2. The molecule has 0 saturated heterocycles. The predicted octanol–water partition coefficient (Wildman–Crippen LogP) is 2.32. The second-order valence-corrected chi connectivity index (χ2v) is 6.42. The Hall–Kier alpha value is -4.95. The lowest BCUT2D eigenvalue weighted by molar-refractivity contribution is -0.114. The first kappa shape index (κ1) is 21.8. The summed E-state index contributed by atoms with van der Waals surface area (Å²) >= 11 is 0. The van der Waals surface area contributed by atoms with Crippen LogP contribution in [0, 0.1) is 34.0 Å². The lowest BCUT2D eigenvalue weighted by atomic mass is 10.1. The minimum Gasteiger partial charge on any atom is -0.477 e. The summed E-state index contributed by atoms with van der Waals surface area (Å²) in [5, 5.41) is 41.0. The Morgan fingerprint density at radius 3 is 2.44 bits per heavy atom. The topological polar surface area (TPSA) is 171 Å². The normalized spacial score (nSPS) is 13.9. The van der Waals surface area contributed by atoms with Gasteiger partial charge in [0.15, 0.2) is 11.6 Å². The summed E-state index contributed by atoms with van der Waals surface area (Å²) in [7, 11) is 0. The molecule has 0 spiro atoms. The maximum atomic E-state index is 12.8. The summed E-state index contributed by atoms with van der Waals surface area (Å²) in [4.78, 5) is 29.3. The molecule has 11 nitrogen and oxygen atoms in total. The number of carboxylic acid groups (broad SMARTS) is 1. The third-order valence-corrected chi connectivity index (χ3v) is 4.39. The van der Waals surface area contributed by atoms with Crippen molar-refractivity contribution in [3.63, 3.8) is 0 Å². The van der Waals surface area contributed by atoms with Crippen LogP contribution >= 0.6 is 0 Å². The Morgan fingerprint density at radius 1 is 1.16 bits per heavy atom. The molecule has 32 heavy (non-hydrogen) atoms. The number of carbonyl (C=O) groups excluding carboxylic acids is 1. The highest BCUT2D eigenvalue weighted by molar-refractivity contribution is 6.37. The Labute approximate surface area is 182 Å². The molecule has 0 saturated carbocycles. The minimum absolute atomic E-state index is 0.00342. The van der Waals surface area contributed by atoms with Crippen molar-refractivity contribution >= 4 is 35.2 Å². The van der Waals surface area contributed by atoms with E-state index in [1.165, 1.54) is 24.4 Å². The molecule has 0 aliphatic carbocycles. The fourth-order valence-corrected chi connectivity index (χ4v) is 2.87. The number of furan rings is 1. The van der Waals surface area contributed by atoms with Gasteiger partial charge in [0.2, 0.25) is 0 Å². The Bertz CT molecular complexity index is 1200. The number of aromatic carboxylic acids is 1. The molecule has 1 amide bonds. The molecular formula is C21H15N7O4. The fraction of sp³-hybridized carbons (Fsp3) is 0.190. The van der Waals surface area contributed by atoms with Gasteiger partial charge in [-0.2, -0.15) is 25.9 Å². The highest BCUT2D eigenvalue weighted by Gasteiger charge is 2.32. The maximum Gasteiger partial charge on any atom is 0.354 e. The maximum absolute atomic E-state index is 12.8. The van der Waals surface area contributed by atoms with Gasteiger partial charge in [-0.15, -0.1) is 0 Å². The summed E-state index contributed by atoms with van der Waals surface area (Å²) < 4.78 is 5.74. The molecule has 0 fully saturated rings. The van der Waals surface area contributed by atoms with Crippen LogP contribution in [0.1, 0.15) is 29.1 Å². The number of aromatic nitrogens is 1. The lowest BCUT2D eigenvalue weighted by Crippen LogP contribution is -2.24. The van der Waals surface area contributed by atoms with E-state index in [0.29, 0.717) is 19.0 Å². The highest BCUT2D eigenvalue weighted by atomic mass is 16.4. The SMILES string of the molecule is N#CCCN(CCC#N)c1ccc(C=C2C(=O)N(c3ccc(C(=O)O)nc3)N=C2C#N)o1. The first-order valence-electron chi connectivity index (χ1n) is 9.31. The number of nitriles is 3. The van der Waals surface area contributed by atoms with Gasteiger partial charge in [-0.3, -0.25) is 4.79 Å². The summed E-state index contributed by atoms with van der Waals surface area (Å²) in [5.41, 5.74) is -0.131. The van der Waals surface area contributed by atoms with E-state index < -0.39 is 11.9 Å². The van der Waals surface area contributed by atoms with Crippen LogP contribution in [0.2, 0.25) is 0 Å². The molecule has 2 aromatic heterocycles. The van der Waals surface area contributed by atoms with E-state index in [0.717, 1.165) is 5.01 Å². The fourth-order valence-electron chi connectivity index (χ4n) is 2.87. The van der Waals surface area contributed by atoms with Crippen molar-refractivity contribution in [2.75, 3.05) is 23.0 Å². The standard InChI is InChI=1S/C21H15N7O4/c22-7-1-9-27(10-2-8-23)19-6-4-15(32-19)11-16-18(12-24)26-28(20(16)29)14-3-5-17(21(30)31)25-13-14/h3-6,11,13H,1-2,9-10H2,(H,30,31). The molecular weight excluding hydrogens is 414 g/mol. The molecule has 0 aromatic carbocycles. The summed E-state index contributed by atoms with van der Waals surface area (Å²) in [6.07, 6.45) is 3.04. The van der Waals surface area contributed by atoms with Crippen LogP contribution in [0.3, 0.4) is 0 Å². The summed E-state index contributed by atoms with van der Waals surface area (Å²) in [6.45, 7) is 0.747. The second kappa shape index (κ2) is 9.70. The Kier molecular flexibility index (Phi) is 6.59. The molecule has 11 heteroatoms. The number of carbonyl (C=O) groups is 2. The van der Waals surface area contributed by atoms with Crippen LogP contribution in [0.15, 0.2) is 45.6 Å². The molecule has 158 valence electrons. The van der Waals surface area contributed by atoms with Gasteiger partial charge in [-0.25, -0.2) is 9.78 Å². The first-order valence-corrected chi connectivity index (χ1v) is 9.31. The van der Waals surface area contributed by atoms with Crippen LogP contribution in [0.5, 0.6) is 0 Å². The molecule has 2 aromatic rings. The molecule has 0 bridgehead atoms. The van der Waals surface area contributed by atoms with Crippen LogP contribution < -0.4 is 9.91 Å². The Morgan fingerprint density at radius 2 is 1.88 bits per heavy atom. The smallest absolute Gasteiger partial charge is 0.354 e. The Balaban J connectivity index is 1.85. The van der Waals surface area contributed by atoms with Gasteiger partial charge in [-0.1, -0.05) is 0 Å². The van der Waals surface area contributed by atoms with Crippen molar-refractivity contribution in [3.8, 4) is 18.2 Å². The first-order chi connectivity index (χ1) is 15.5. The van der Waals surface area contributed by atoms with Crippen LogP contribution in [-0.4, -0.2) is 40.8 Å². The van der Waals surface area contributed by atoms with Gasteiger partial charge in [0.25, 0.3) is 5.91 Å². The third-order valence-electron chi connectivity index (χ3n) is 4.39. The van der Waals surface area contributed by atoms with Crippen molar-refractivity contribution in [3.05, 3.63) is 47.5 Å². The number of hydrogen-bond acceptors (Lipinski definition) is 9. The number of nitrogens with zero attached hydrogens (tertiary/aromatic N) is 7. The predicted molar refractivity (Wildman–Crippen MR) is 111 cm³/mol. The third kappa shape index (κ3) is 4.61. The van der Waals surface area contributed by atoms with Gasteiger partial charge >= 0.3 is 5.97 Å². The van der Waals surface area contributed by atoms with Crippen LogP contribution in [0.4, 0.5) is 11.6 Å². The van der Waals surface area contributed by atoms with E-state index in [1.54, 1.807) is 17.0 Å². The lowest BCUT2D eigenvalue weighted by Gasteiger charge is -2.18. The van der Waals surface area contributed by atoms with Gasteiger partial charge in [-0.05, 0) is 24.3 Å². The van der Waals surface area contributed by atoms with E-state index in [1.807, 2.05) is 18.2 Å². The van der Waals surface area contributed by atoms with E-state index in [2.05, 4.69) is 10.1 Å². The summed E-state index contributed by atoms with van der Waals surface area (Å²) in [6, 6.07) is 11.8. The average molecular weight is 429 g/mol. The van der Waals surface area contributed by atoms with E-state index >= 15 is 0 Å². The number of hydrazone groups is 1. The van der Waals surface area contributed by atoms with Gasteiger partial charge in [0.1, 0.15) is 17.5 Å². The number of carboxylic acids is 1. The zero-order valence-corrected chi connectivity index (χ0v) is 16.6. The number of pyridine rings is 1. The minimum atomic E-state index is -1.21. The van der Waals surface area contributed by atoms with E-state index in [4.69, 9.17) is 20.0 Å². The van der Waals surface area contributed by atoms with Crippen molar-refractivity contribution in [2.24, 2.45) is 5.10 Å². The van der Waals surface area contributed by atoms with Gasteiger partial charge < -0.3 is 14.4 Å². The number of amides is 1. The second-order valence-electron chi connectivity index (χ2n) is 6.42. The van der Waals surface area contributed by atoms with Crippen molar-refractivity contribution in [2.45, 2.75) is 12.8 Å². The number of rotatable bonds is 8. The molecule has 1 aliphatic heterocycles. The molecule has 0 unspecified atom stereocenters. The summed E-state index contributed by atoms with van der Waals surface area (Å²) in [5.74, 6) is -1.10. The molecule has 0 atom stereocenters. The number of hydrogen-bond donors (Lipinski definition) is 1. The zero-order chi connectivity index (χ0) is 23.1. The van der Waals surface area contributed by atoms with Crippen molar-refractivity contribution in [1.82, 2.24) is 4.98 Å². The molecule has 3 heterocycles. The largest absolute Gasteiger partial charge is 0.477 e. The molecule has 1 aliphatic rings. The highest BCUT2D eigenvalue weighted by Crippen LogP contribution is 2.26. The zero-order valence-electron chi connectivity index (χ0n) is 16.6. The monoisotopic (exact) mass is 429 g/mol. The van der Waals surface area contributed by atoms with E-state index in [-0.39, 0.29) is 41.3 Å². The average Bonchev–Trinajstić information content (AvgIpc) is 3.39. The van der Waals surface area contributed by atoms with Crippen LogP contribution in [-0.2, 0) is 4.79 Å². The van der Waals surface area contributed by atoms with Gasteiger partial charge in [0, 0.05) is 19.2 Å². The quantitative estimate of drug-likeness (QED) is 0.618. The van der Waals surface area contributed by atoms with Crippen molar-refractivity contribution in [1.29, 1.82) is 15.8 Å². The van der Waals surface area contributed by atoms with E-state index in [9.17, 15) is 14.9 Å². The van der Waals surface area contributed by atoms with Crippen molar-refractivity contribution < 1.29 is 19.1 Å². The van der Waals surface area contributed by atoms with Crippen LogP contribution in [0.25, 0.3) is 6.08 Å². The molecule has 0 radical (unpaired) electrons. The van der Waals surface area contributed by atoms with Gasteiger partial charge in [0.05, 0.1) is 42.4 Å². The molecule has 3 rings (SSSR count). The molecule has 1 N–H and O–H groups in total.